The van der Waals surface area contributed by atoms with Crippen LogP contribution in [0.2, 0.25) is 0 Å². The van der Waals surface area contributed by atoms with Gasteiger partial charge in [0, 0.05) is 43.1 Å². The molecule has 2 N–H and O–H groups in total. The molecule has 1 saturated heterocycles. The minimum atomic E-state index is -1.22. The first-order chi connectivity index (χ1) is 19.6. The highest BCUT2D eigenvalue weighted by molar-refractivity contribution is 6.14. The number of benzene rings is 2. The number of nitrogens with one attached hydrogen (secondary N) is 2. The van der Waals surface area contributed by atoms with E-state index in [1.54, 1.807) is 22.8 Å². The van der Waals surface area contributed by atoms with Gasteiger partial charge in [-0.1, -0.05) is 30.3 Å². The maximum atomic E-state index is 14.0. The van der Waals surface area contributed by atoms with Crippen LogP contribution in [0.1, 0.15) is 50.3 Å². The molecular weight excluding hydrogens is 520 g/mol. The molecule has 2 aromatic carbocycles. The maximum absolute atomic E-state index is 14.0. The van der Waals surface area contributed by atoms with Crippen molar-refractivity contribution in [3.63, 3.8) is 0 Å². The third-order valence-corrected chi connectivity index (χ3v) is 7.76. The van der Waals surface area contributed by atoms with Crippen LogP contribution in [0.4, 0.5) is 16.2 Å². The van der Waals surface area contributed by atoms with Gasteiger partial charge in [-0.05, 0) is 70.7 Å². The molecule has 2 aliphatic rings. The lowest BCUT2D eigenvalue weighted by molar-refractivity contribution is -0.140. The van der Waals surface area contributed by atoms with Gasteiger partial charge in [0.15, 0.2) is 0 Å². The summed E-state index contributed by atoms with van der Waals surface area (Å²) in [5, 5.41) is 5.45. The van der Waals surface area contributed by atoms with Crippen molar-refractivity contribution >= 4 is 40.8 Å². The summed E-state index contributed by atoms with van der Waals surface area (Å²) in [5.74, 6) is -0.941. The Morgan fingerprint density at radius 2 is 1.78 bits per heavy atom. The molecule has 0 aromatic heterocycles. The summed E-state index contributed by atoms with van der Waals surface area (Å²) in [6, 6.07) is 12.4. The Balaban J connectivity index is 1.56. The number of aryl methyl sites for hydroxylation is 2. The molecule has 4 rings (SSSR count). The number of urea groups is 1. The first-order valence-electron chi connectivity index (χ1n) is 14.3. The average Bonchev–Trinajstić information content (AvgIpc) is 3.04. The van der Waals surface area contributed by atoms with E-state index < -0.39 is 18.1 Å². The number of aliphatic imine (C=N–C) groups is 1. The Hall–Kier alpha value is -4.21. The molecule has 218 valence electrons. The van der Waals surface area contributed by atoms with Crippen LogP contribution in [0.5, 0.6) is 0 Å². The largest absolute Gasteiger partial charge is 0.343 e. The molecule has 0 radical (unpaired) electrons. The van der Waals surface area contributed by atoms with Crippen LogP contribution < -0.4 is 15.5 Å². The van der Waals surface area contributed by atoms with Gasteiger partial charge in [0.2, 0.25) is 18.0 Å². The number of fused-ring (bicyclic) bond motifs is 1. The monoisotopic (exact) mass is 560 g/mol. The third kappa shape index (κ3) is 6.75. The lowest BCUT2D eigenvalue weighted by Gasteiger charge is -2.36. The van der Waals surface area contributed by atoms with Gasteiger partial charge in [0.05, 0.1) is 11.6 Å². The van der Waals surface area contributed by atoms with Crippen molar-refractivity contribution in [3.05, 3.63) is 59.2 Å². The number of anilines is 2. The van der Waals surface area contributed by atoms with Crippen molar-refractivity contribution in [3.8, 4) is 0 Å². The molecule has 0 spiro atoms. The second kappa shape index (κ2) is 13.0. The molecule has 10 nitrogen and oxygen atoms in total. The van der Waals surface area contributed by atoms with E-state index in [4.69, 9.17) is 0 Å². The Kier molecular flexibility index (Phi) is 9.42. The first kappa shape index (κ1) is 29.8. The van der Waals surface area contributed by atoms with Crippen molar-refractivity contribution < 1.29 is 19.2 Å². The van der Waals surface area contributed by atoms with E-state index in [0.717, 1.165) is 29.5 Å². The number of likely N-dealkylation sites (tertiary alicyclic amines) is 1. The number of carbonyl (C=O) groups excluding carboxylic acids is 4. The zero-order valence-corrected chi connectivity index (χ0v) is 24.6. The topological polar surface area (TPSA) is 114 Å². The number of hydrogen-bond donors (Lipinski definition) is 2. The van der Waals surface area contributed by atoms with Gasteiger partial charge in [-0.25, -0.2) is 4.79 Å². The molecule has 0 bridgehead atoms. The summed E-state index contributed by atoms with van der Waals surface area (Å²) in [7, 11) is 0. The van der Waals surface area contributed by atoms with Gasteiger partial charge >= 0.3 is 6.03 Å². The number of nitrogens with zero attached hydrogens (tertiary/aromatic N) is 4. The molecule has 2 aliphatic heterocycles. The highest BCUT2D eigenvalue weighted by Crippen LogP contribution is 2.30. The lowest BCUT2D eigenvalue weighted by atomic mass is 9.96. The van der Waals surface area contributed by atoms with Crippen molar-refractivity contribution in [2.75, 3.05) is 42.9 Å². The van der Waals surface area contributed by atoms with E-state index in [9.17, 15) is 19.2 Å². The summed E-state index contributed by atoms with van der Waals surface area (Å²) >= 11 is 0. The van der Waals surface area contributed by atoms with Crippen LogP contribution in [0.25, 0.3) is 0 Å². The van der Waals surface area contributed by atoms with E-state index in [0.29, 0.717) is 43.3 Å². The van der Waals surface area contributed by atoms with Gasteiger partial charge in [-0.2, -0.15) is 0 Å². The molecule has 10 heteroatoms. The highest BCUT2D eigenvalue weighted by atomic mass is 16.2. The highest BCUT2D eigenvalue weighted by Gasteiger charge is 2.36. The standard InChI is InChI=1S/C31H40N6O4/c1-6-35(7-2)29(39)23-13-10-16-36(18-23)26(38)19-37-27-21(4)12-9-15-25(27)22(5)32-28(30(37)40)34-31(41)33-24-14-8-11-20(3)17-24/h8-9,11-12,14-15,17,23,28H,6-7,10,13,16,18-19H2,1-5H3,(H2,33,34,41). The number of amides is 5. The summed E-state index contributed by atoms with van der Waals surface area (Å²) in [6.45, 7) is 11.4. The quantitative estimate of drug-likeness (QED) is 0.537. The van der Waals surface area contributed by atoms with Crippen LogP contribution in [0, 0.1) is 19.8 Å². The lowest BCUT2D eigenvalue weighted by Crippen LogP contribution is -2.53. The zero-order chi connectivity index (χ0) is 29.7. The van der Waals surface area contributed by atoms with Crippen LogP contribution >= 0.6 is 0 Å². The molecular formula is C31H40N6O4. The zero-order valence-electron chi connectivity index (χ0n) is 24.6. The fraction of sp³-hybridized carbons (Fsp3) is 0.452. The van der Waals surface area contributed by atoms with Crippen LogP contribution in [-0.4, -0.2) is 78.2 Å². The fourth-order valence-electron chi connectivity index (χ4n) is 5.58. The van der Waals surface area contributed by atoms with Crippen LogP contribution in [0.3, 0.4) is 0 Å². The average molecular weight is 561 g/mol. The molecule has 41 heavy (non-hydrogen) atoms. The molecule has 2 atom stereocenters. The number of rotatable bonds is 7. The molecule has 5 amide bonds. The van der Waals surface area contributed by atoms with Gasteiger partial charge in [-0.3, -0.25) is 24.3 Å². The molecule has 2 unspecified atom stereocenters. The smallest absolute Gasteiger partial charge is 0.321 e. The summed E-state index contributed by atoms with van der Waals surface area (Å²) < 4.78 is 0. The number of benzodiazepines with no additional fused rings is 1. The summed E-state index contributed by atoms with van der Waals surface area (Å²) in [4.78, 5) is 63.0. The summed E-state index contributed by atoms with van der Waals surface area (Å²) in [6.07, 6.45) is 0.231. The SMILES string of the molecule is CCN(CC)C(=O)C1CCCN(C(=O)CN2C(=O)C(NC(=O)Nc3cccc(C)c3)N=C(C)c3cccc(C)c32)C1. The van der Waals surface area contributed by atoms with Crippen LogP contribution in [-0.2, 0) is 14.4 Å². The van der Waals surface area contributed by atoms with Crippen molar-refractivity contribution in [2.24, 2.45) is 10.9 Å². The molecule has 2 heterocycles. The number of hydrogen-bond acceptors (Lipinski definition) is 5. The van der Waals surface area contributed by atoms with E-state index in [1.165, 1.54) is 4.90 Å². The van der Waals surface area contributed by atoms with Crippen molar-refractivity contribution in [1.82, 2.24) is 15.1 Å². The fourth-order valence-corrected chi connectivity index (χ4v) is 5.58. The number of para-hydroxylation sites is 1. The Morgan fingerprint density at radius 1 is 1.05 bits per heavy atom. The normalized spacial score (nSPS) is 18.7. The number of carbonyl (C=O) groups is 4. The minimum Gasteiger partial charge on any atom is -0.343 e. The minimum absolute atomic E-state index is 0.0625. The van der Waals surface area contributed by atoms with Crippen molar-refractivity contribution in [1.29, 1.82) is 0 Å². The molecule has 0 saturated carbocycles. The van der Waals surface area contributed by atoms with E-state index >= 15 is 0 Å². The van der Waals surface area contributed by atoms with E-state index in [-0.39, 0.29) is 24.3 Å². The summed E-state index contributed by atoms with van der Waals surface area (Å²) in [5.41, 5.74) is 4.30. The predicted octanol–water partition coefficient (Wildman–Crippen LogP) is 3.71. The molecule has 2 aromatic rings. The second-order valence-corrected chi connectivity index (χ2v) is 10.7. The van der Waals surface area contributed by atoms with E-state index in [1.807, 2.05) is 64.1 Å². The van der Waals surface area contributed by atoms with Gasteiger partial charge in [0.1, 0.15) is 6.54 Å². The first-order valence-corrected chi connectivity index (χ1v) is 14.3. The second-order valence-electron chi connectivity index (χ2n) is 10.7. The third-order valence-electron chi connectivity index (χ3n) is 7.76. The number of piperidine rings is 1. The Morgan fingerprint density at radius 3 is 2.49 bits per heavy atom. The predicted molar refractivity (Wildman–Crippen MR) is 160 cm³/mol. The van der Waals surface area contributed by atoms with Crippen molar-refractivity contribution in [2.45, 2.75) is 53.6 Å². The van der Waals surface area contributed by atoms with Crippen LogP contribution in [0.15, 0.2) is 47.5 Å². The maximum Gasteiger partial charge on any atom is 0.321 e. The Labute approximate surface area is 241 Å². The van der Waals surface area contributed by atoms with Gasteiger partial charge < -0.3 is 20.4 Å². The van der Waals surface area contributed by atoms with E-state index in [2.05, 4.69) is 15.6 Å². The van der Waals surface area contributed by atoms with Gasteiger partial charge in [-0.15, -0.1) is 0 Å². The molecule has 1 fully saturated rings. The Bertz CT molecular complexity index is 1350. The van der Waals surface area contributed by atoms with Gasteiger partial charge in [0.25, 0.3) is 5.91 Å². The molecule has 0 aliphatic carbocycles.